The van der Waals surface area contributed by atoms with Gasteiger partial charge in [-0.2, -0.15) is 0 Å². The summed E-state index contributed by atoms with van der Waals surface area (Å²) in [5.74, 6) is 0.521. The van der Waals surface area contributed by atoms with Gasteiger partial charge in [0.2, 0.25) is 0 Å². The van der Waals surface area contributed by atoms with Gasteiger partial charge in [-0.3, -0.25) is 4.79 Å². The van der Waals surface area contributed by atoms with Crippen molar-refractivity contribution in [2.24, 2.45) is 11.7 Å². The molecule has 2 rings (SSSR count). The van der Waals surface area contributed by atoms with Crippen molar-refractivity contribution in [3.8, 4) is 5.75 Å². The van der Waals surface area contributed by atoms with Crippen LogP contribution in [0.25, 0.3) is 0 Å². The molecule has 1 aromatic rings. The van der Waals surface area contributed by atoms with Crippen molar-refractivity contribution in [3.05, 3.63) is 28.8 Å². The highest BCUT2D eigenvalue weighted by Crippen LogP contribution is 2.29. The minimum atomic E-state index is -0.844. The van der Waals surface area contributed by atoms with Crippen molar-refractivity contribution >= 4 is 17.6 Å². The van der Waals surface area contributed by atoms with E-state index in [1.165, 1.54) is 19.3 Å². The lowest BCUT2D eigenvalue weighted by atomic mass is 9.86. The van der Waals surface area contributed by atoms with Crippen LogP contribution in [0.2, 0.25) is 5.02 Å². The van der Waals surface area contributed by atoms with Crippen LogP contribution in [0.1, 0.15) is 43.7 Å². The average molecular weight is 298 g/mol. The van der Waals surface area contributed by atoms with Crippen LogP contribution in [0.15, 0.2) is 18.2 Å². The zero-order valence-corrected chi connectivity index (χ0v) is 12.1. The minimum absolute atomic E-state index is 0.0476. The molecule has 0 spiro atoms. The molecule has 1 unspecified atom stereocenters. The number of hydrogen-bond acceptors (Lipinski definition) is 3. The Labute approximate surface area is 123 Å². The lowest BCUT2D eigenvalue weighted by Crippen LogP contribution is -2.19. The van der Waals surface area contributed by atoms with Crippen LogP contribution in [0, 0.1) is 5.92 Å². The van der Waals surface area contributed by atoms with Gasteiger partial charge in [0.05, 0.1) is 6.61 Å². The van der Waals surface area contributed by atoms with Gasteiger partial charge in [0.25, 0.3) is 0 Å². The first-order valence-electron chi connectivity index (χ1n) is 6.95. The van der Waals surface area contributed by atoms with Crippen LogP contribution in [0.4, 0.5) is 0 Å². The molecule has 0 bridgehead atoms. The second kappa shape index (κ2) is 6.95. The molecule has 1 atom stereocenters. The molecule has 0 heterocycles. The van der Waals surface area contributed by atoms with E-state index in [1.54, 1.807) is 12.1 Å². The molecule has 1 aromatic carbocycles. The van der Waals surface area contributed by atoms with Crippen LogP contribution >= 0.6 is 11.6 Å². The average Bonchev–Trinajstić information content (AvgIpc) is 2.33. The van der Waals surface area contributed by atoms with E-state index in [4.69, 9.17) is 27.2 Å². The lowest BCUT2D eigenvalue weighted by Gasteiger charge is -2.25. The third kappa shape index (κ3) is 4.39. The van der Waals surface area contributed by atoms with E-state index in [-0.39, 0.29) is 12.5 Å². The fourth-order valence-corrected chi connectivity index (χ4v) is 2.43. The Kier molecular flexibility index (Phi) is 5.26. The zero-order valence-electron chi connectivity index (χ0n) is 11.3. The van der Waals surface area contributed by atoms with E-state index in [0.29, 0.717) is 29.7 Å². The molecule has 0 aliphatic heterocycles. The van der Waals surface area contributed by atoms with Gasteiger partial charge in [0, 0.05) is 17.5 Å². The monoisotopic (exact) mass is 297 g/mol. The first kappa shape index (κ1) is 15.1. The number of carboxylic acids is 1. The SMILES string of the molecule is NC(CCC(=O)O)c1cc(Cl)cc(OCC2CCC2)c1. The molecular formula is C15H20ClNO3. The topological polar surface area (TPSA) is 72.6 Å². The van der Waals surface area contributed by atoms with Crippen LogP contribution in [0.3, 0.4) is 0 Å². The highest BCUT2D eigenvalue weighted by atomic mass is 35.5. The maximum atomic E-state index is 10.6. The molecular weight excluding hydrogens is 278 g/mol. The van der Waals surface area contributed by atoms with Crippen LogP contribution in [-0.4, -0.2) is 17.7 Å². The van der Waals surface area contributed by atoms with Crippen molar-refractivity contribution in [1.82, 2.24) is 0 Å². The Bertz CT molecular complexity index is 474. The Balaban J connectivity index is 1.97. The van der Waals surface area contributed by atoms with Crippen molar-refractivity contribution in [2.45, 2.75) is 38.1 Å². The fraction of sp³-hybridized carbons (Fsp3) is 0.533. The number of hydrogen-bond donors (Lipinski definition) is 2. The highest BCUT2D eigenvalue weighted by molar-refractivity contribution is 6.30. The Hall–Kier alpha value is -1.26. The molecule has 0 amide bonds. The van der Waals surface area contributed by atoms with Gasteiger partial charge < -0.3 is 15.6 Å². The molecule has 0 aromatic heterocycles. The van der Waals surface area contributed by atoms with Crippen LogP contribution in [0.5, 0.6) is 5.75 Å². The zero-order chi connectivity index (χ0) is 14.5. The summed E-state index contributed by atoms with van der Waals surface area (Å²) in [7, 11) is 0. The largest absolute Gasteiger partial charge is 0.493 e. The van der Waals surface area contributed by atoms with Crippen LogP contribution in [-0.2, 0) is 4.79 Å². The van der Waals surface area contributed by atoms with Gasteiger partial charge in [-0.15, -0.1) is 0 Å². The molecule has 1 saturated carbocycles. The van der Waals surface area contributed by atoms with Crippen molar-refractivity contribution < 1.29 is 14.6 Å². The summed E-state index contributed by atoms with van der Waals surface area (Å²) in [5, 5.41) is 9.26. The van der Waals surface area contributed by atoms with E-state index < -0.39 is 5.97 Å². The summed E-state index contributed by atoms with van der Waals surface area (Å²) in [4.78, 5) is 10.6. The number of aliphatic carboxylic acids is 1. The minimum Gasteiger partial charge on any atom is -0.493 e. The van der Waals surface area contributed by atoms with E-state index >= 15 is 0 Å². The quantitative estimate of drug-likeness (QED) is 0.809. The Morgan fingerprint density at radius 3 is 2.80 bits per heavy atom. The predicted molar refractivity (Wildman–Crippen MR) is 78.1 cm³/mol. The van der Waals surface area contributed by atoms with Crippen molar-refractivity contribution in [1.29, 1.82) is 0 Å². The molecule has 20 heavy (non-hydrogen) atoms. The summed E-state index contributed by atoms with van der Waals surface area (Å²) >= 11 is 6.07. The molecule has 3 N–H and O–H groups in total. The van der Waals surface area contributed by atoms with Crippen LogP contribution < -0.4 is 10.5 Å². The van der Waals surface area contributed by atoms with Crippen molar-refractivity contribution in [3.63, 3.8) is 0 Å². The van der Waals surface area contributed by atoms with Gasteiger partial charge in [0.1, 0.15) is 5.75 Å². The number of benzene rings is 1. The normalized spacial score (nSPS) is 16.5. The predicted octanol–water partition coefficient (Wildman–Crippen LogP) is 3.38. The number of carboxylic acid groups (broad SMARTS) is 1. The summed E-state index contributed by atoms with van der Waals surface area (Å²) in [6.07, 6.45) is 4.18. The highest BCUT2D eigenvalue weighted by Gasteiger charge is 2.18. The first-order valence-corrected chi connectivity index (χ1v) is 7.33. The number of rotatable bonds is 7. The van der Waals surface area contributed by atoms with E-state index in [0.717, 1.165) is 5.56 Å². The first-order chi connectivity index (χ1) is 9.54. The van der Waals surface area contributed by atoms with E-state index in [9.17, 15) is 4.79 Å². The second-order valence-electron chi connectivity index (χ2n) is 5.37. The number of carbonyl (C=O) groups is 1. The molecule has 1 aliphatic rings. The molecule has 1 aliphatic carbocycles. The Morgan fingerprint density at radius 1 is 1.45 bits per heavy atom. The third-order valence-electron chi connectivity index (χ3n) is 3.70. The molecule has 0 radical (unpaired) electrons. The summed E-state index contributed by atoms with van der Waals surface area (Å²) in [6.45, 7) is 0.712. The van der Waals surface area contributed by atoms with Gasteiger partial charge in [-0.05, 0) is 48.9 Å². The molecule has 0 saturated heterocycles. The second-order valence-corrected chi connectivity index (χ2v) is 5.80. The number of nitrogens with two attached hydrogens (primary N) is 1. The maximum absolute atomic E-state index is 10.6. The molecule has 1 fully saturated rings. The molecule has 110 valence electrons. The molecule has 5 heteroatoms. The van der Waals surface area contributed by atoms with E-state index in [2.05, 4.69) is 0 Å². The van der Waals surface area contributed by atoms with Gasteiger partial charge in [0.15, 0.2) is 0 Å². The summed E-state index contributed by atoms with van der Waals surface area (Å²) in [6, 6.07) is 5.06. The summed E-state index contributed by atoms with van der Waals surface area (Å²) in [5.41, 5.74) is 6.82. The smallest absolute Gasteiger partial charge is 0.303 e. The lowest BCUT2D eigenvalue weighted by molar-refractivity contribution is -0.137. The number of halogens is 1. The third-order valence-corrected chi connectivity index (χ3v) is 3.92. The maximum Gasteiger partial charge on any atom is 0.303 e. The van der Waals surface area contributed by atoms with Gasteiger partial charge in [-0.1, -0.05) is 18.0 Å². The number of ether oxygens (including phenoxy) is 1. The van der Waals surface area contributed by atoms with E-state index in [1.807, 2.05) is 6.07 Å². The van der Waals surface area contributed by atoms with Gasteiger partial charge in [-0.25, -0.2) is 0 Å². The Morgan fingerprint density at radius 2 is 2.20 bits per heavy atom. The summed E-state index contributed by atoms with van der Waals surface area (Å²) < 4.78 is 5.75. The fourth-order valence-electron chi connectivity index (χ4n) is 2.20. The van der Waals surface area contributed by atoms with Crippen molar-refractivity contribution in [2.75, 3.05) is 6.61 Å². The van der Waals surface area contributed by atoms with Gasteiger partial charge >= 0.3 is 5.97 Å². The molecule has 4 nitrogen and oxygen atoms in total. The standard InChI is InChI=1S/C15H20ClNO3/c16-12-6-11(14(17)4-5-15(18)19)7-13(8-12)20-9-10-2-1-3-10/h6-8,10,14H,1-5,9,17H2,(H,18,19).